The van der Waals surface area contributed by atoms with Gasteiger partial charge >= 0.3 is 11.8 Å². The Labute approximate surface area is 161 Å². The van der Waals surface area contributed by atoms with Gasteiger partial charge < -0.3 is 20.7 Å². The van der Waals surface area contributed by atoms with Gasteiger partial charge in [-0.25, -0.2) is 0 Å². The number of carbonyl (C=O) groups excluding carboxylic acids is 2. The van der Waals surface area contributed by atoms with Crippen molar-refractivity contribution in [1.29, 1.82) is 0 Å². The summed E-state index contributed by atoms with van der Waals surface area (Å²) >= 11 is 6.03. The summed E-state index contributed by atoms with van der Waals surface area (Å²) in [5.41, 5.74) is 2.70. The monoisotopic (exact) mass is 385 g/mol. The molecule has 6 nitrogen and oxygen atoms in total. The summed E-state index contributed by atoms with van der Waals surface area (Å²) in [4.78, 5) is 27.3. The molecule has 0 aliphatic rings. The number of amides is 2. The minimum Gasteiger partial charge on any atom is -0.394 e. The average Bonchev–Trinajstić information content (AvgIpc) is 3.08. The molecule has 1 atom stereocenters. The van der Waals surface area contributed by atoms with E-state index < -0.39 is 17.9 Å². The van der Waals surface area contributed by atoms with Gasteiger partial charge in [0, 0.05) is 28.7 Å². The molecule has 4 N–H and O–H groups in total. The Morgan fingerprint density at radius 3 is 2.63 bits per heavy atom. The van der Waals surface area contributed by atoms with Crippen LogP contribution in [0.25, 0.3) is 10.9 Å². The second-order valence-electron chi connectivity index (χ2n) is 6.13. The molecule has 27 heavy (non-hydrogen) atoms. The Bertz CT molecular complexity index is 940. The van der Waals surface area contributed by atoms with Crippen molar-refractivity contribution in [3.8, 4) is 0 Å². The summed E-state index contributed by atoms with van der Waals surface area (Å²) in [6.45, 7) is 0.0139. The minimum atomic E-state index is -0.778. The molecule has 0 bridgehead atoms. The minimum absolute atomic E-state index is 0.293. The van der Waals surface area contributed by atoms with Gasteiger partial charge in [0.05, 0.1) is 12.6 Å². The van der Waals surface area contributed by atoms with Gasteiger partial charge in [-0.2, -0.15) is 0 Å². The van der Waals surface area contributed by atoms with Crippen LogP contribution in [0.3, 0.4) is 0 Å². The number of nitrogens with one attached hydrogen (secondary N) is 3. The summed E-state index contributed by atoms with van der Waals surface area (Å²) in [6, 6.07) is 13.9. The van der Waals surface area contributed by atoms with Crippen LogP contribution in [-0.2, 0) is 16.0 Å². The highest BCUT2D eigenvalue weighted by Crippen LogP contribution is 2.22. The van der Waals surface area contributed by atoms with Crippen molar-refractivity contribution in [3.05, 3.63) is 70.9 Å². The highest BCUT2D eigenvalue weighted by Gasteiger charge is 2.19. The molecule has 3 aromatic rings. The topological polar surface area (TPSA) is 94.2 Å². The Morgan fingerprint density at radius 2 is 1.89 bits per heavy atom. The van der Waals surface area contributed by atoms with Crippen molar-refractivity contribution >= 4 is 34.3 Å². The van der Waals surface area contributed by atoms with Gasteiger partial charge in [-0.15, -0.1) is 0 Å². The fraction of sp³-hybridized carbons (Fsp3) is 0.200. The SMILES string of the molecule is O=C(NCCc1c[nH]c2ccc(Cl)cc12)C(=O)NC(CO)c1ccccc1. The van der Waals surface area contributed by atoms with Crippen LogP contribution >= 0.6 is 11.6 Å². The van der Waals surface area contributed by atoms with Crippen LogP contribution in [0.5, 0.6) is 0 Å². The van der Waals surface area contributed by atoms with Crippen LogP contribution in [0.1, 0.15) is 17.2 Å². The zero-order valence-corrected chi connectivity index (χ0v) is 15.3. The lowest BCUT2D eigenvalue weighted by Gasteiger charge is -2.16. The third-order valence-corrected chi connectivity index (χ3v) is 4.54. The fourth-order valence-corrected chi connectivity index (χ4v) is 3.06. The number of hydrogen-bond acceptors (Lipinski definition) is 3. The van der Waals surface area contributed by atoms with Crippen LogP contribution in [0, 0.1) is 0 Å². The van der Waals surface area contributed by atoms with Crippen LogP contribution in [0.15, 0.2) is 54.7 Å². The van der Waals surface area contributed by atoms with Gasteiger partial charge in [0.2, 0.25) is 0 Å². The number of hydrogen-bond donors (Lipinski definition) is 4. The van der Waals surface area contributed by atoms with Crippen molar-refractivity contribution in [2.24, 2.45) is 0 Å². The molecule has 140 valence electrons. The highest BCUT2D eigenvalue weighted by atomic mass is 35.5. The molecular weight excluding hydrogens is 366 g/mol. The summed E-state index contributed by atoms with van der Waals surface area (Å²) in [5.74, 6) is -1.51. The lowest BCUT2D eigenvalue weighted by molar-refractivity contribution is -0.139. The summed E-state index contributed by atoms with van der Waals surface area (Å²) in [6.07, 6.45) is 2.42. The third kappa shape index (κ3) is 4.67. The summed E-state index contributed by atoms with van der Waals surface area (Å²) in [5, 5.41) is 16.2. The van der Waals surface area contributed by atoms with E-state index in [0.29, 0.717) is 18.0 Å². The first-order valence-electron chi connectivity index (χ1n) is 8.58. The van der Waals surface area contributed by atoms with Gasteiger partial charge in [0.1, 0.15) is 0 Å². The van der Waals surface area contributed by atoms with Crippen molar-refractivity contribution < 1.29 is 14.7 Å². The molecule has 7 heteroatoms. The maximum atomic E-state index is 12.1. The van der Waals surface area contributed by atoms with Crippen molar-refractivity contribution in [3.63, 3.8) is 0 Å². The predicted octanol–water partition coefficient (Wildman–Crippen LogP) is 2.33. The van der Waals surface area contributed by atoms with Crippen LogP contribution < -0.4 is 10.6 Å². The quantitative estimate of drug-likeness (QED) is 0.490. The lowest BCUT2D eigenvalue weighted by Crippen LogP contribution is -2.43. The first kappa shape index (κ1) is 18.9. The normalized spacial score (nSPS) is 11.9. The van der Waals surface area contributed by atoms with E-state index >= 15 is 0 Å². The Balaban J connectivity index is 1.54. The number of halogens is 1. The maximum Gasteiger partial charge on any atom is 0.309 e. The molecule has 0 saturated heterocycles. The predicted molar refractivity (Wildman–Crippen MR) is 104 cm³/mol. The standard InChI is InChI=1S/C20H20ClN3O3/c21-15-6-7-17-16(10-15)14(11-23-17)8-9-22-19(26)20(27)24-18(12-25)13-4-2-1-3-5-13/h1-7,10-11,18,23,25H,8-9,12H2,(H,22,26)(H,24,27). The van der Waals surface area contributed by atoms with Gasteiger partial charge in [-0.1, -0.05) is 41.9 Å². The number of benzene rings is 2. The number of fused-ring (bicyclic) bond motifs is 1. The maximum absolute atomic E-state index is 12.1. The van der Waals surface area contributed by atoms with Crippen molar-refractivity contribution in [2.75, 3.05) is 13.2 Å². The number of aliphatic hydroxyl groups is 1. The largest absolute Gasteiger partial charge is 0.394 e. The zero-order valence-electron chi connectivity index (χ0n) is 14.5. The molecule has 0 aliphatic heterocycles. The van der Waals surface area contributed by atoms with E-state index in [9.17, 15) is 14.7 Å². The second-order valence-corrected chi connectivity index (χ2v) is 6.57. The average molecular weight is 386 g/mol. The molecule has 1 heterocycles. The summed E-state index contributed by atoms with van der Waals surface area (Å²) in [7, 11) is 0. The Kier molecular flexibility index (Phi) is 6.11. The third-order valence-electron chi connectivity index (χ3n) is 4.31. The van der Waals surface area contributed by atoms with Gasteiger partial charge in [0.15, 0.2) is 0 Å². The van der Waals surface area contributed by atoms with E-state index in [2.05, 4.69) is 15.6 Å². The first-order valence-corrected chi connectivity index (χ1v) is 8.96. The van der Waals surface area contributed by atoms with Gasteiger partial charge in [-0.3, -0.25) is 9.59 Å². The van der Waals surface area contributed by atoms with E-state index in [-0.39, 0.29) is 6.61 Å². The molecule has 2 aromatic carbocycles. The van der Waals surface area contributed by atoms with Gasteiger partial charge in [0.25, 0.3) is 0 Å². The number of aromatic amines is 1. The van der Waals surface area contributed by atoms with E-state index in [1.807, 2.05) is 24.4 Å². The molecule has 1 aromatic heterocycles. The highest BCUT2D eigenvalue weighted by molar-refractivity contribution is 6.35. The molecule has 0 fully saturated rings. The van der Waals surface area contributed by atoms with Crippen molar-refractivity contribution in [2.45, 2.75) is 12.5 Å². The summed E-state index contributed by atoms with van der Waals surface area (Å²) < 4.78 is 0. The molecular formula is C20H20ClN3O3. The van der Waals surface area contributed by atoms with E-state index in [1.165, 1.54) is 0 Å². The Morgan fingerprint density at radius 1 is 1.11 bits per heavy atom. The van der Waals surface area contributed by atoms with Crippen LogP contribution in [0.2, 0.25) is 5.02 Å². The molecule has 0 radical (unpaired) electrons. The van der Waals surface area contributed by atoms with Gasteiger partial charge in [-0.05, 0) is 35.7 Å². The number of rotatable bonds is 6. The molecule has 3 rings (SSSR count). The Hall–Kier alpha value is -2.83. The molecule has 0 saturated carbocycles. The lowest BCUT2D eigenvalue weighted by atomic mass is 10.1. The molecule has 0 aliphatic carbocycles. The van der Waals surface area contributed by atoms with Crippen LogP contribution in [-0.4, -0.2) is 35.1 Å². The van der Waals surface area contributed by atoms with Crippen LogP contribution in [0.4, 0.5) is 0 Å². The molecule has 0 spiro atoms. The van der Waals surface area contributed by atoms with E-state index in [1.54, 1.807) is 30.3 Å². The zero-order chi connectivity index (χ0) is 19.2. The number of aliphatic hydroxyl groups excluding tert-OH is 1. The number of carbonyl (C=O) groups is 2. The number of H-pyrrole nitrogens is 1. The van der Waals surface area contributed by atoms with E-state index in [4.69, 9.17) is 11.6 Å². The second kappa shape index (κ2) is 8.70. The smallest absolute Gasteiger partial charge is 0.309 e. The molecule has 2 amide bonds. The first-order chi connectivity index (χ1) is 13.1. The van der Waals surface area contributed by atoms with E-state index in [0.717, 1.165) is 22.0 Å². The fourth-order valence-electron chi connectivity index (χ4n) is 2.89. The van der Waals surface area contributed by atoms with Crippen molar-refractivity contribution in [1.82, 2.24) is 15.6 Å². The number of aromatic nitrogens is 1. The molecule has 1 unspecified atom stereocenters.